The van der Waals surface area contributed by atoms with Gasteiger partial charge in [0.15, 0.2) is 17.5 Å². The van der Waals surface area contributed by atoms with Gasteiger partial charge in [0.2, 0.25) is 0 Å². The van der Waals surface area contributed by atoms with E-state index in [1.54, 1.807) is 6.92 Å². The van der Waals surface area contributed by atoms with Crippen molar-refractivity contribution in [1.29, 1.82) is 0 Å². The van der Waals surface area contributed by atoms with E-state index in [0.29, 0.717) is 0 Å². The first kappa shape index (κ1) is 16.8. The standard InChI is InChI=1S/C14H24O4/c1-5-8-11(9-6-2)13(16)12(10(4)15)14(17)18-7-3/h11-12H,5-9H2,1-4H3. The fourth-order valence-corrected chi connectivity index (χ4v) is 2.07. The second kappa shape index (κ2) is 8.84. The van der Waals surface area contributed by atoms with Gasteiger partial charge in [0.25, 0.3) is 0 Å². The number of carbonyl (C=O) groups excluding carboxylic acids is 3. The Morgan fingerprint density at radius 1 is 1.00 bits per heavy atom. The molecule has 0 aromatic rings. The van der Waals surface area contributed by atoms with Gasteiger partial charge in [0.05, 0.1) is 6.61 Å². The molecule has 0 amide bonds. The van der Waals surface area contributed by atoms with Gasteiger partial charge in [0.1, 0.15) is 0 Å². The molecule has 0 saturated heterocycles. The summed E-state index contributed by atoms with van der Waals surface area (Å²) in [7, 11) is 0. The summed E-state index contributed by atoms with van der Waals surface area (Å²) in [5.74, 6) is -2.83. The van der Waals surface area contributed by atoms with Crippen molar-refractivity contribution >= 4 is 17.5 Å². The molecule has 4 heteroatoms. The number of hydrogen-bond acceptors (Lipinski definition) is 4. The van der Waals surface area contributed by atoms with Gasteiger partial charge in [-0.15, -0.1) is 0 Å². The lowest BCUT2D eigenvalue weighted by molar-refractivity contribution is -0.155. The Morgan fingerprint density at radius 3 is 1.83 bits per heavy atom. The number of ether oxygens (including phenoxy) is 1. The molecule has 0 fully saturated rings. The third-order valence-electron chi connectivity index (χ3n) is 2.89. The highest BCUT2D eigenvalue weighted by atomic mass is 16.5. The summed E-state index contributed by atoms with van der Waals surface area (Å²) in [6.07, 6.45) is 3.17. The topological polar surface area (TPSA) is 60.4 Å². The molecule has 0 spiro atoms. The summed E-state index contributed by atoms with van der Waals surface area (Å²) in [5, 5.41) is 0. The molecule has 104 valence electrons. The molecule has 0 heterocycles. The van der Waals surface area contributed by atoms with Gasteiger partial charge >= 0.3 is 5.97 Å². The molecule has 1 atom stereocenters. The molecule has 18 heavy (non-hydrogen) atoms. The number of esters is 1. The maximum absolute atomic E-state index is 12.3. The van der Waals surface area contributed by atoms with Crippen LogP contribution in [0.25, 0.3) is 0 Å². The Hall–Kier alpha value is -1.19. The fourth-order valence-electron chi connectivity index (χ4n) is 2.07. The summed E-state index contributed by atoms with van der Waals surface area (Å²) >= 11 is 0. The Labute approximate surface area is 109 Å². The molecule has 0 aliphatic rings. The summed E-state index contributed by atoms with van der Waals surface area (Å²) in [5.41, 5.74) is 0. The first-order valence-corrected chi connectivity index (χ1v) is 6.70. The fraction of sp³-hybridized carbons (Fsp3) is 0.786. The molecule has 0 aliphatic carbocycles. The Balaban J connectivity index is 4.92. The molecule has 0 aromatic carbocycles. The maximum Gasteiger partial charge on any atom is 0.324 e. The van der Waals surface area contributed by atoms with Crippen LogP contribution in [0, 0.1) is 11.8 Å². The monoisotopic (exact) mass is 256 g/mol. The molecular formula is C14H24O4. The van der Waals surface area contributed by atoms with Crippen molar-refractivity contribution in [2.24, 2.45) is 11.8 Å². The summed E-state index contributed by atoms with van der Waals surface area (Å²) in [6, 6.07) is 0. The zero-order valence-corrected chi connectivity index (χ0v) is 11.8. The van der Waals surface area contributed by atoms with Crippen molar-refractivity contribution in [2.75, 3.05) is 6.61 Å². The van der Waals surface area contributed by atoms with E-state index in [-0.39, 0.29) is 18.3 Å². The van der Waals surface area contributed by atoms with Crippen LogP contribution in [0.15, 0.2) is 0 Å². The molecule has 0 N–H and O–H groups in total. The Morgan fingerprint density at radius 2 is 1.50 bits per heavy atom. The van der Waals surface area contributed by atoms with E-state index in [9.17, 15) is 14.4 Å². The van der Waals surface area contributed by atoms with Crippen LogP contribution in [0.2, 0.25) is 0 Å². The average Bonchev–Trinajstić information content (AvgIpc) is 2.28. The average molecular weight is 256 g/mol. The van der Waals surface area contributed by atoms with E-state index < -0.39 is 17.7 Å². The van der Waals surface area contributed by atoms with Gasteiger partial charge in [-0.25, -0.2) is 0 Å². The predicted octanol–water partition coefficient (Wildman–Crippen LogP) is 2.54. The van der Waals surface area contributed by atoms with E-state index >= 15 is 0 Å². The maximum atomic E-state index is 12.3. The van der Waals surface area contributed by atoms with Crippen LogP contribution in [0.3, 0.4) is 0 Å². The highest BCUT2D eigenvalue weighted by molar-refractivity contribution is 6.17. The molecule has 0 saturated carbocycles. The van der Waals surface area contributed by atoms with Crippen molar-refractivity contribution in [1.82, 2.24) is 0 Å². The third kappa shape index (κ3) is 4.98. The van der Waals surface area contributed by atoms with E-state index in [4.69, 9.17) is 4.74 Å². The summed E-state index contributed by atoms with van der Waals surface area (Å²) in [6.45, 7) is 7.10. The first-order chi connectivity index (χ1) is 8.49. The molecule has 0 aromatic heterocycles. The van der Waals surface area contributed by atoms with E-state index in [1.807, 2.05) is 13.8 Å². The normalized spacial score (nSPS) is 12.3. The Bertz CT molecular complexity index is 290. The van der Waals surface area contributed by atoms with Crippen LogP contribution in [0.1, 0.15) is 53.4 Å². The van der Waals surface area contributed by atoms with E-state index in [0.717, 1.165) is 25.7 Å². The minimum Gasteiger partial charge on any atom is -0.465 e. The van der Waals surface area contributed by atoms with Crippen molar-refractivity contribution in [3.63, 3.8) is 0 Å². The minimum atomic E-state index is -1.23. The second-order valence-electron chi connectivity index (χ2n) is 4.47. The van der Waals surface area contributed by atoms with Crippen LogP contribution in [0.5, 0.6) is 0 Å². The molecule has 4 nitrogen and oxygen atoms in total. The quantitative estimate of drug-likeness (QED) is 0.470. The van der Waals surface area contributed by atoms with Crippen molar-refractivity contribution in [3.8, 4) is 0 Å². The van der Waals surface area contributed by atoms with Gasteiger partial charge in [-0.1, -0.05) is 26.7 Å². The predicted molar refractivity (Wildman–Crippen MR) is 69.1 cm³/mol. The second-order valence-corrected chi connectivity index (χ2v) is 4.47. The van der Waals surface area contributed by atoms with Gasteiger partial charge in [0, 0.05) is 5.92 Å². The van der Waals surface area contributed by atoms with E-state index in [1.165, 1.54) is 6.92 Å². The first-order valence-electron chi connectivity index (χ1n) is 6.70. The molecule has 1 unspecified atom stereocenters. The number of carbonyl (C=O) groups is 3. The third-order valence-corrected chi connectivity index (χ3v) is 2.89. The van der Waals surface area contributed by atoms with Crippen LogP contribution in [0.4, 0.5) is 0 Å². The lowest BCUT2D eigenvalue weighted by atomic mass is 9.85. The molecule has 0 rings (SSSR count). The zero-order chi connectivity index (χ0) is 14.1. The zero-order valence-electron chi connectivity index (χ0n) is 11.8. The van der Waals surface area contributed by atoms with Crippen molar-refractivity contribution in [3.05, 3.63) is 0 Å². The number of hydrogen-bond donors (Lipinski definition) is 0. The number of rotatable bonds is 9. The molecular weight excluding hydrogens is 232 g/mol. The summed E-state index contributed by atoms with van der Waals surface area (Å²) < 4.78 is 4.81. The SMILES string of the molecule is CCCC(CCC)C(=O)C(C(C)=O)C(=O)OCC. The number of ketones is 2. The van der Waals surface area contributed by atoms with Gasteiger partial charge in [-0.05, 0) is 26.7 Å². The van der Waals surface area contributed by atoms with Crippen LogP contribution >= 0.6 is 0 Å². The lowest BCUT2D eigenvalue weighted by Gasteiger charge is -2.19. The van der Waals surface area contributed by atoms with Crippen LogP contribution in [-0.2, 0) is 19.1 Å². The smallest absolute Gasteiger partial charge is 0.324 e. The lowest BCUT2D eigenvalue weighted by Crippen LogP contribution is -2.36. The van der Waals surface area contributed by atoms with E-state index in [2.05, 4.69) is 0 Å². The van der Waals surface area contributed by atoms with Gasteiger partial charge in [-0.3, -0.25) is 14.4 Å². The van der Waals surface area contributed by atoms with Crippen molar-refractivity contribution < 1.29 is 19.1 Å². The highest BCUT2D eigenvalue weighted by Gasteiger charge is 2.36. The molecule has 0 bridgehead atoms. The highest BCUT2D eigenvalue weighted by Crippen LogP contribution is 2.20. The van der Waals surface area contributed by atoms with Crippen LogP contribution < -0.4 is 0 Å². The minimum absolute atomic E-state index is 0.183. The Kier molecular flexibility index (Phi) is 8.25. The largest absolute Gasteiger partial charge is 0.465 e. The summed E-state index contributed by atoms with van der Waals surface area (Å²) in [4.78, 5) is 35.4. The van der Waals surface area contributed by atoms with Gasteiger partial charge < -0.3 is 4.74 Å². The van der Waals surface area contributed by atoms with Crippen molar-refractivity contribution in [2.45, 2.75) is 53.4 Å². The van der Waals surface area contributed by atoms with Gasteiger partial charge in [-0.2, -0.15) is 0 Å². The molecule has 0 radical (unpaired) electrons. The number of Topliss-reactive ketones (excluding diaryl/α,β-unsaturated/α-hetero) is 2. The van der Waals surface area contributed by atoms with Crippen LogP contribution in [-0.4, -0.2) is 24.1 Å². The molecule has 0 aliphatic heterocycles.